The van der Waals surface area contributed by atoms with Gasteiger partial charge >= 0.3 is 0 Å². The molecule has 1 aromatic carbocycles. The summed E-state index contributed by atoms with van der Waals surface area (Å²) in [6.07, 6.45) is 0. The van der Waals surface area contributed by atoms with Gasteiger partial charge in [-0.2, -0.15) is 0 Å². The first-order valence-corrected chi connectivity index (χ1v) is 8.82. The van der Waals surface area contributed by atoms with Gasteiger partial charge in [0, 0.05) is 24.2 Å². The maximum absolute atomic E-state index is 5.48. The van der Waals surface area contributed by atoms with E-state index in [4.69, 9.17) is 9.47 Å². The molecular weight excluding hydrogens is 316 g/mol. The van der Waals surface area contributed by atoms with Crippen LogP contribution in [0.15, 0.2) is 23.2 Å². The molecule has 0 saturated carbocycles. The van der Waals surface area contributed by atoms with E-state index >= 15 is 0 Å². The summed E-state index contributed by atoms with van der Waals surface area (Å²) in [6.45, 7) is 12.9. The Labute approximate surface area is 152 Å². The predicted molar refractivity (Wildman–Crippen MR) is 105 cm³/mol. The molecule has 1 unspecified atom stereocenters. The molecule has 0 aromatic heterocycles. The molecule has 25 heavy (non-hydrogen) atoms. The van der Waals surface area contributed by atoms with Crippen LogP contribution in [0.4, 0.5) is 0 Å². The van der Waals surface area contributed by atoms with E-state index in [-0.39, 0.29) is 11.6 Å². The van der Waals surface area contributed by atoms with E-state index in [2.05, 4.69) is 55.6 Å². The highest BCUT2D eigenvalue weighted by Gasteiger charge is 2.14. The molecule has 0 aliphatic heterocycles. The Bertz CT molecular complexity index is 553. The minimum atomic E-state index is 0.0263. The van der Waals surface area contributed by atoms with E-state index < -0.39 is 0 Å². The predicted octanol–water partition coefficient (Wildman–Crippen LogP) is 2.71. The van der Waals surface area contributed by atoms with Gasteiger partial charge in [0.25, 0.3) is 0 Å². The summed E-state index contributed by atoms with van der Waals surface area (Å²) in [6, 6.07) is 5.83. The topological polar surface area (TPSA) is 66.9 Å². The lowest BCUT2D eigenvalue weighted by Crippen LogP contribution is -2.40. The summed E-state index contributed by atoms with van der Waals surface area (Å²) < 4.78 is 10.8. The number of ether oxygens (including phenoxy) is 2. The second kappa shape index (κ2) is 10.1. The largest absolute Gasteiger partial charge is 0.497 e. The first-order valence-electron chi connectivity index (χ1n) is 8.82. The van der Waals surface area contributed by atoms with Gasteiger partial charge in [-0.05, 0) is 52.8 Å². The zero-order valence-electron chi connectivity index (χ0n) is 16.7. The van der Waals surface area contributed by atoms with Gasteiger partial charge in [-0.1, -0.05) is 0 Å². The van der Waals surface area contributed by atoms with Crippen molar-refractivity contribution >= 4 is 5.96 Å². The van der Waals surface area contributed by atoms with E-state index in [0.29, 0.717) is 6.54 Å². The van der Waals surface area contributed by atoms with Crippen molar-refractivity contribution in [2.75, 3.05) is 33.9 Å². The van der Waals surface area contributed by atoms with Crippen molar-refractivity contribution in [2.45, 2.75) is 46.2 Å². The molecule has 0 aliphatic rings. The number of guanidine groups is 1. The monoisotopic (exact) mass is 350 g/mol. The number of nitrogens with zero attached hydrogens (tertiary/aromatic N) is 1. The van der Waals surface area contributed by atoms with Crippen LogP contribution < -0.4 is 25.4 Å². The second-order valence-corrected chi connectivity index (χ2v) is 6.91. The number of benzene rings is 1. The van der Waals surface area contributed by atoms with Crippen molar-refractivity contribution in [3.05, 3.63) is 23.8 Å². The molecule has 6 nitrogen and oxygen atoms in total. The quantitative estimate of drug-likeness (QED) is 0.382. The minimum absolute atomic E-state index is 0.0263. The van der Waals surface area contributed by atoms with Gasteiger partial charge in [-0.3, -0.25) is 4.99 Å². The van der Waals surface area contributed by atoms with Crippen LogP contribution in [-0.2, 0) is 0 Å². The first kappa shape index (κ1) is 21.1. The highest BCUT2D eigenvalue weighted by molar-refractivity contribution is 5.80. The van der Waals surface area contributed by atoms with Crippen molar-refractivity contribution in [1.82, 2.24) is 16.0 Å². The van der Waals surface area contributed by atoms with Crippen LogP contribution in [0, 0.1) is 0 Å². The average Bonchev–Trinajstić information content (AvgIpc) is 2.57. The zero-order valence-corrected chi connectivity index (χ0v) is 16.7. The van der Waals surface area contributed by atoms with Gasteiger partial charge in [-0.15, -0.1) is 0 Å². The van der Waals surface area contributed by atoms with Gasteiger partial charge in [0.2, 0.25) is 0 Å². The third-order valence-corrected chi connectivity index (χ3v) is 3.64. The lowest BCUT2D eigenvalue weighted by molar-refractivity contribution is 0.394. The Kier molecular flexibility index (Phi) is 8.55. The van der Waals surface area contributed by atoms with Crippen molar-refractivity contribution in [3.63, 3.8) is 0 Å². The lowest BCUT2D eigenvalue weighted by Gasteiger charge is -2.22. The van der Waals surface area contributed by atoms with Crippen molar-refractivity contribution < 1.29 is 9.47 Å². The Hall–Kier alpha value is -1.95. The maximum atomic E-state index is 5.48. The number of hydrogen-bond donors (Lipinski definition) is 3. The second-order valence-electron chi connectivity index (χ2n) is 6.91. The Morgan fingerprint density at radius 1 is 1.20 bits per heavy atom. The highest BCUT2D eigenvalue weighted by Crippen LogP contribution is 2.29. The number of aliphatic imine (C=N–C) groups is 1. The van der Waals surface area contributed by atoms with Crippen molar-refractivity contribution in [1.29, 1.82) is 0 Å². The standard InChI is InChI=1S/C19H34N4O2/c1-8-20-18(21-11-12-22-19(3,4)5)23-14(2)16-13-15(24-6)9-10-17(16)25-7/h9-10,13-14,22H,8,11-12H2,1-7H3,(H2,20,21,23). The van der Waals surface area contributed by atoms with Crippen LogP contribution >= 0.6 is 0 Å². The highest BCUT2D eigenvalue weighted by atomic mass is 16.5. The molecule has 3 N–H and O–H groups in total. The number of methoxy groups -OCH3 is 2. The summed E-state index contributed by atoms with van der Waals surface area (Å²) in [7, 11) is 3.34. The minimum Gasteiger partial charge on any atom is -0.497 e. The Morgan fingerprint density at radius 3 is 2.48 bits per heavy atom. The average molecular weight is 351 g/mol. The van der Waals surface area contributed by atoms with Gasteiger partial charge in [0.15, 0.2) is 5.96 Å². The van der Waals surface area contributed by atoms with Crippen molar-refractivity contribution in [2.24, 2.45) is 4.99 Å². The van der Waals surface area contributed by atoms with Gasteiger partial charge < -0.3 is 25.4 Å². The number of rotatable bonds is 8. The SMILES string of the molecule is CCNC(=NCCNC(C)(C)C)NC(C)c1cc(OC)ccc1OC. The molecule has 6 heteroatoms. The van der Waals surface area contributed by atoms with E-state index in [1.54, 1.807) is 14.2 Å². The van der Waals surface area contributed by atoms with Crippen LogP contribution in [0.1, 0.15) is 46.2 Å². The van der Waals surface area contributed by atoms with E-state index in [1.165, 1.54) is 0 Å². The molecule has 1 atom stereocenters. The molecule has 1 rings (SSSR count). The molecule has 0 heterocycles. The molecule has 0 saturated heterocycles. The number of hydrogen-bond acceptors (Lipinski definition) is 4. The van der Waals surface area contributed by atoms with Gasteiger partial charge in [-0.25, -0.2) is 0 Å². The van der Waals surface area contributed by atoms with Crippen LogP contribution in [0.5, 0.6) is 11.5 Å². The van der Waals surface area contributed by atoms with Crippen LogP contribution in [-0.4, -0.2) is 45.4 Å². The van der Waals surface area contributed by atoms with Crippen LogP contribution in [0.3, 0.4) is 0 Å². The third kappa shape index (κ3) is 7.65. The summed E-state index contributed by atoms with van der Waals surface area (Å²) in [5, 5.41) is 10.2. The molecule has 0 amide bonds. The molecule has 1 aromatic rings. The van der Waals surface area contributed by atoms with Crippen molar-refractivity contribution in [3.8, 4) is 11.5 Å². The molecule has 142 valence electrons. The Morgan fingerprint density at radius 2 is 1.92 bits per heavy atom. The third-order valence-electron chi connectivity index (χ3n) is 3.64. The van der Waals surface area contributed by atoms with Crippen LogP contribution in [0.25, 0.3) is 0 Å². The summed E-state index contributed by atoms with van der Waals surface area (Å²) in [4.78, 5) is 4.64. The smallest absolute Gasteiger partial charge is 0.191 e. The normalized spacial score (nSPS) is 13.3. The van der Waals surface area contributed by atoms with Gasteiger partial charge in [0.05, 0.1) is 26.8 Å². The van der Waals surface area contributed by atoms with E-state index in [1.807, 2.05) is 18.2 Å². The molecule has 0 bridgehead atoms. The first-order chi connectivity index (χ1) is 11.8. The fourth-order valence-corrected chi connectivity index (χ4v) is 2.38. The number of nitrogens with one attached hydrogen (secondary N) is 3. The summed E-state index contributed by atoms with van der Waals surface area (Å²) in [5.41, 5.74) is 1.13. The van der Waals surface area contributed by atoms with E-state index in [9.17, 15) is 0 Å². The van der Waals surface area contributed by atoms with Gasteiger partial charge in [0.1, 0.15) is 11.5 Å². The van der Waals surface area contributed by atoms with Crippen LogP contribution in [0.2, 0.25) is 0 Å². The fraction of sp³-hybridized carbons (Fsp3) is 0.632. The maximum Gasteiger partial charge on any atom is 0.191 e. The zero-order chi connectivity index (χ0) is 18.9. The molecule has 0 radical (unpaired) electrons. The lowest BCUT2D eigenvalue weighted by atomic mass is 10.1. The molecule has 0 spiro atoms. The molecular formula is C19H34N4O2. The Balaban J connectivity index is 2.80. The molecule has 0 fully saturated rings. The molecule has 0 aliphatic carbocycles. The summed E-state index contributed by atoms with van der Waals surface area (Å²) >= 11 is 0. The fourth-order valence-electron chi connectivity index (χ4n) is 2.38. The van der Waals surface area contributed by atoms with E-state index in [0.717, 1.165) is 36.1 Å². The summed E-state index contributed by atoms with van der Waals surface area (Å²) in [5.74, 6) is 2.42.